The highest BCUT2D eigenvalue weighted by molar-refractivity contribution is 5.57. The van der Waals surface area contributed by atoms with Gasteiger partial charge in [0, 0.05) is 22.8 Å². The van der Waals surface area contributed by atoms with E-state index in [4.69, 9.17) is 0 Å². The zero-order chi connectivity index (χ0) is 21.5. The molecule has 0 aliphatic rings. The van der Waals surface area contributed by atoms with Gasteiger partial charge in [0.2, 0.25) is 0 Å². The molecule has 2 heteroatoms. The molecule has 0 atom stereocenters. The van der Waals surface area contributed by atoms with Gasteiger partial charge in [-0.3, -0.25) is 0 Å². The van der Waals surface area contributed by atoms with E-state index in [1.807, 2.05) is 0 Å². The maximum absolute atomic E-state index is 2.50. The fourth-order valence-corrected chi connectivity index (χ4v) is 4.39. The standard InChI is InChI=1S/C27H38N2/c1-17(2)22-13-14-23(18(3)4)28(22)26-11-10-12-27(21(26)9)29-24(19(5)6)15-16-25(29)20(7)8/h10-20H,1-9H3. The molecule has 0 bridgehead atoms. The zero-order valence-electron chi connectivity index (χ0n) is 19.7. The van der Waals surface area contributed by atoms with Crippen molar-refractivity contribution in [1.82, 2.24) is 9.13 Å². The van der Waals surface area contributed by atoms with Gasteiger partial charge >= 0.3 is 0 Å². The van der Waals surface area contributed by atoms with Crippen molar-refractivity contribution in [3.05, 3.63) is 70.8 Å². The topological polar surface area (TPSA) is 9.86 Å². The Hall–Kier alpha value is -2.22. The number of aromatic nitrogens is 2. The van der Waals surface area contributed by atoms with E-state index in [9.17, 15) is 0 Å². The molecule has 0 fully saturated rings. The Labute approximate surface area is 177 Å². The quantitative estimate of drug-likeness (QED) is 0.402. The highest BCUT2D eigenvalue weighted by Gasteiger charge is 2.21. The van der Waals surface area contributed by atoms with Crippen LogP contribution in [0.25, 0.3) is 11.4 Å². The first-order valence-corrected chi connectivity index (χ1v) is 11.2. The molecule has 156 valence electrons. The average molecular weight is 391 g/mol. The fraction of sp³-hybridized carbons (Fsp3) is 0.481. The lowest BCUT2D eigenvalue weighted by Crippen LogP contribution is -2.12. The SMILES string of the molecule is Cc1c(-n2c(C(C)C)ccc2C(C)C)cccc1-n1c(C(C)C)ccc1C(C)C. The molecular weight excluding hydrogens is 352 g/mol. The van der Waals surface area contributed by atoms with Crippen LogP contribution in [0, 0.1) is 6.92 Å². The van der Waals surface area contributed by atoms with Gasteiger partial charge in [-0.2, -0.15) is 0 Å². The summed E-state index contributed by atoms with van der Waals surface area (Å²) >= 11 is 0. The highest BCUT2D eigenvalue weighted by atomic mass is 15.0. The van der Waals surface area contributed by atoms with Gasteiger partial charge in [0.25, 0.3) is 0 Å². The van der Waals surface area contributed by atoms with Crippen molar-refractivity contribution in [2.45, 2.75) is 86.0 Å². The van der Waals surface area contributed by atoms with Crippen LogP contribution in [0.4, 0.5) is 0 Å². The van der Waals surface area contributed by atoms with Crippen LogP contribution in [0.3, 0.4) is 0 Å². The molecule has 2 nitrogen and oxygen atoms in total. The number of rotatable bonds is 6. The first kappa shape index (κ1) is 21.5. The van der Waals surface area contributed by atoms with E-state index in [-0.39, 0.29) is 0 Å². The second-order valence-electron chi connectivity index (χ2n) is 9.58. The molecule has 0 N–H and O–H groups in total. The lowest BCUT2D eigenvalue weighted by Gasteiger charge is -2.24. The Morgan fingerprint density at radius 2 is 0.759 bits per heavy atom. The molecule has 0 radical (unpaired) electrons. The van der Waals surface area contributed by atoms with Gasteiger partial charge in [-0.05, 0) is 72.6 Å². The van der Waals surface area contributed by atoms with Crippen molar-refractivity contribution >= 4 is 0 Å². The van der Waals surface area contributed by atoms with E-state index in [0.29, 0.717) is 23.7 Å². The minimum atomic E-state index is 0.481. The fourth-order valence-electron chi connectivity index (χ4n) is 4.39. The average Bonchev–Trinajstić information content (AvgIpc) is 3.26. The van der Waals surface area contributed by atoms with E-state index in [2.05, 4.69) is 114 Å². The number of nitrogens with zero attached hydrogens (tertiary/aromatic N) is 2. The Bertz CT molecular complexity index is 853. The molecule has 0 unspecified atom stereocenters. The smallest absolute Gasteiger partial charge is 0.0505 e. The molecule has 0 aliphatic heterocycles. The number of hydrogen-bond acceptors (Lipinski definition) is 0. The zero-order valence-corrected chi connectivity index (χ0v) is 19.7. The Kier molecular flexibility index (Phi) is 6.12. The van der Waals surface area contributed by atoms with Gasteiger partial charge in [-0.15, -0.1) is 0 Å². The molecule has 0 amide bonds. The van der Waals surface area contributed by atoms with Gasteiger partial charge in [-0.25, -0.2) is 0 Å². The lowest BCUT2D eigenvalue weighted by molar-refractivity contribution is 0.715. The van der Waals surface area contributed by atoms with E-state index in [0.717, 1.165) is 0 Å². The van der Waals surface area contributed by atoms with E-state index in [1.54, 1.807) is 0 Å². The van der Waals surface area contributed by atoms with Crippen LogP contribution < -0.4 is 0 Å². The lowest BCUT2D eigenvalue weighted by atomic mass is 10.1. The summed E-state index contributed by atoms with van der Waals surface area (Å²) in [7, 11) is 0. The molecule has 0 aliphatic carbocycles. The minimum absolute atomic E-state index is 0.481. The summed E-state index contributed by atoms with van der Waals surface area (Å²) in [6, 6.07) is 16.0. The summed E-state index contributed by atoms with van der Waals surface area (Å²) in [5.74, 6) is 1.92. The van der Waals surface area contributed by atoms with Crippen LogP contribution in [0.15, 0.2) is 42.5 Å². The molecule has 0 saturated heterocycles. The predicted octanol–water partition coefficient (Wildman–Crippen LogP) is 8.07. The second kappa shape index (κ2) is 8.26. The first-order valence-electron chi connectivity index (χ1n) is 11.2. The summed E-state index contributed by atoms with van der Waals surface area (Å²) in [6.45, 7) is 20.6. The van der Waals surface area contributed by atoms with Crippen molar-refractivity contribution in [1.29, 1.82) is 0 Å². The predicted molar refractivity (Wildman–Crippen MR) is 126 cm³/mol. The molecule has 2 heterocycles. The van der Waals surface area contributed by atoms with Crippen LogP contribution in [-0.4, -0.2) is 9.13 Å². The van der Waals surface area contributed by atoms with E-state index in [1.165, 1.54) is 39.7 Å². The summed E-state index contributed by atoms with van der Waals surface area (Å²) < 4.78 is 5.00. The third-order valence-corrected chi connectivity index (χ3v) is 6.01. The molecule has 3 rings (SSSR count). The first-order chi connectivity index (χ1) is 13.6. The number of hydrogen-bond donors (Lipinski definition) is 0. The summed E-state index contributed by atoms with van der Waals surface area (Å²) in [5, 5.41) is 0. The van der Waals surface area contributed by atoms with Crippen molar-refractivity contribution in [2.75, 3.05) is 0 Å². The normalized spacial score (nSPS) is 12.2. The van der Waals surface area contributed by atoms with E-state index >= 15 is 0 Å². The summed E-state index contributed by atoms with van der Waals surface area (Å²) in [5.41, 5.74) is 9.48. The second-order valence-corrected chi connectivity index (χ2v) is 9.58. The summed E-state index contributed by atoms with van der Waals surface area (Å²) in [4.78, 5) is 0. The maximum atomic E-state index is 2.50. The van der Waals surface area contributed by atoms with Gasteiger partial charge in [0.05, 0.1) is 11.4 Å². The van der Waals surface area contributed by atoms with Crippen molar-refractivity contribution < 1.29 is 0 Å². The van der Waals surface area contributed by atoms with Gasteiger partial charge in [0.1, 0.15) is 0 Å². The summed E-state index contributed by atoms with van der Waals surface area (Å²) in [6.07, 6.45) is 0. The molecule has 29 heavy (non-hydrogen) atoms. The molecule has 2 aromatic heterocycles. The van der Waals surface area contributed by atoms with Gasteiger partial charge in [0.15, 0.2) is 0 Å². The largest absolute Gasteiger partial charge is 0.317 e. The van der Waals surface area contributed by atoms with Crippen molar-refractivity contribution in [2.24, 2.45) is 0 Å². The van der Waals surface area contributed by atoms with E-state index < -0.39 is 0 Å². The molecule has 0 saturated carbocycles. The Morgan fingerprint density at radius 1 is 0.483 bits per heavy atom. The molecule has 0 spiro atoms. The Morgan fingerprint density at radius 3 is 1.00 bits per heavy atom. The van der Waals surface area contributed by atoms with Crippen molar-refractivity contribution in [3.8, 4) is 11.4 Å². The van der Waals surface area contributed by atoms with Crippen LogP contribution in [0.5, 0.6) is 0 Å². The van der Waals surface area contributed by atoms with Gasteiger partial charge in [-0.1, -0.05) is 61.5 Å². The molecular formula is C27H38N2. The molecule has 1 aromatic carbocycles. The highest BCUT2D eigenvalue weighted by Crippen LogP contribution is 2.34. The van der Waals surface area contributed by atoms with Crippen LogP contribution >= 0.6 is 0 Å². The maximum Gasteiger partial charge on any atom is 0.0505 e. The monoisotopic (exact) mass is 390 g/mol. The van der Waals surface area contributed by atoms with Crippen LogP contribution in [0.1, 0.15) is 107 Å². The van der Waals surface area contributed by atoms with Crippen molar-refractivity contribution in [3.63, 3.8) is 0 Å². The number of benzene rings is 1. The molecule has 3 aromatic rings. The third kappa shape index (κ3) is 3.82. The third-order valence-electron chi connectivity index (χ3n) is 6.01. The van der Waals surface area contributed by atoms with Gasteiger partial charge < -0.3 is 9.13 Å². The van der Waals surface area contributed by atoms with Crippen LogP contribution in [0.2, 0.25) is 0 Å². The van der Waals surface area contributed by atoms with Crippen LogP contribution in [-0.2, 0) is 0 Å². The minimum Gasteiger partial charge on any atom is -0.317 e. The Balaban J connectivity index is 2.30.